The average molecular weight is 518 g/mol. The predicted octanol–water partition coefficient (Wildman–Crippen LogP) is 6.83. The Hall–Kier alpha value is -3.84. The Morgan fingerprint density at radius 1 is 1.16 bits per heavy atom. The third kappa shape index (κ3) is 4.67. The number of carbonyl (C=O) groups is 2. The lowest BCUT2D eigenvalue weighted by atomic mass is 9.91. The molecular weight excluding hydrogens is 490 g/mol. The molecule has 2 aliphatic rings. The van der Waals surface area contributed by atoms with Crippen molar-refractivity contribution in [2.75, 3.05) is 5.32 Å². The van der Waals surface area contributed by atoms with Gasteiger partial charge in [0.25, 0.3) is 0 Å². The van der Waals surface area contributed by atoms with Crippen molar-refractivity contribution in [3.63, 3.8) is 0 Å². The molecule has 2 N–H and O–H groups in total. The van der Waals surface area contributed by atoms with Gasteiger partial charge in [-0.2, -0.15) is 5.10 Å². The molecule has 37 heavy (non-hydrogen) atoms. The molecule has 2 aromatic carbocycles. The van der Waals surface area contributed by atoms with Crippen LogP contribution in [0.15, 0.2) is 73.0 Å². The highest BCUT2D eigenvalue weighted by Crippen LogP contribution is 2.49. The lowest BCUT2D eigenvalue weighted by Gasteiger charge is -2.29. The Morgan fingerprint density at radius 3 is 2.51 bits per heavy atom. The zero-order chi connectivity index (χ0) is 26.2. The maximum atomic E-state index is 12.8. The molecule has 0 aliphatic heterocycles. The molecule has 2 aliphatic carbocycles. The number of nitrogens with zero attached hydrogens (tertiary/aromatic N) is 2. The highest BCUT2D eigenvalue weighted by atomic mass is 35.5. The van der Waals surface area contributed by atoms with Gasteiger partial charge in [0.05, 0.1) is 17.3 Å². The fourth-order valence-corrected chi connectivity index (χ4v) is 4.99. The number of aryl methyl sites for hydroxylation is 1. The predicted molar refractivity (Wildman–Crippen MR) is 143 cm³/mol. The number of amides is 1. The molecule has 1 saturated carbocycles. The quantitative estimate of drug-likeness (QED) is 0.358. The summed E-state index contributed by atoms with van der Waals surface area (Å²) in [5.41, 5.74) is 3.19. The largest absolute Gasteiger partial charge is 0.481 e. The number of hydrogen-bond donors (Lipinski definition) is 2. The third-order valence-electron chi connectivity index (χ3n) is 7.31. The van der Waals surface area contributed by atoms with Gasteiger partial charge in [-0.3, -0.25) is 10.1 Å². The molecule has 1 aromatic heterocycles. The van der Waals surface area contributed by atoms with E-state index in [-0.39, 0.29) is 0 Å². The number of nitrogens with one attached hydrogen (secondary N) is 1. The normalized spacial score (nSPS) is 19.4. The van der Waals surface area contributed by atoms with Crippen molar-refractivity contribution in [2.24, 2.45) is 0 Å². The zero-order valence-corrected chi connectivity index (χ0v) is 21.5. The Bertz CT molecular complexity index is 1420. The summed E-state index contributed by atoms with van der Waals surface area (Å²) >= 11 is 6.36. The van der Waals surface area contributed by atoms with Crippen molar-refractivity contribution >= 4 is 29.5 Å². The molecule has 1 fully saturated rings. The Kier molecular flexibility index (Phi) is 6.42. The second-order valence-corrected chi connectivity index (χ2v) is 10.0. The van der Waals surface area contributed by atoms with E-state index in [1.54, 1.807) is 4.68 Å². The lowest BCUT2D eigenvalue weighted by molar-refractivity contribution is -0.140. The minimum Gasteiger partial charge on any atom is -0.481 e. The number of allylic oxidation sites excluding steroid dienone is 2. The minimum absolute atomic E-state index is 0.296. The van der Waals surface area contributed by atoms with Gasteiger partial charge in [0.15, 0.2) is 5.82 Å². The number of aliphatic carboxylic acids is 1. The first-order chi connectivity index (χ1) is 17.8. The van der Waals surface area contributed by atoms with Crippen LogP contribution in [0.3, 0.4) is 0 Å². The summed E-state index contributed by atoms with van der Waals surface area (Å²) in [6.07, 6.45) is 11.2. The van der Waals surface area contributed by atoms with Crippen molar-refractivity contribution in [3.05, 3.63) is 89.1 Å². The molecule has 8 heteroatoms. The summed E-state index contributed by atoms with van der Waals surface area (Å²) in [6.45, 7) is 3.97. The maximum absolute atomic E-state index is 12.8. The van der Waals surface area contributed by atoms with Gasteiger partial charge in [-0.25, -0.2) is 9.48 Å². The Morgan fingerprint density at radius 2 is 1.92 bits per heavy atom. The number of rotatable bonds is 7. The fourth-order valence-electron chi connectivity index (χ4n) is 4.82. The van der Waals surface area contributed by atoms with Crippen LogP contribution in [0.5, 0.6) is 0 Å². The van der Waals surface area contributed by atoms with Gasteiger partial charge in [-0.15, -0.1) is 0 Å². The van der Waals surface area contributed by atoms with Gasteiger partial charge in [0.1, 0.15) is 10.6 Å². The first kappa shape index (κ1) is 24.8. The number of ether oxygens (including phenoxy) is 1. The van der Waals surface area contributed by atoms with E-state index < -0.39 is 23.1 Å². The molecule has 0 unspecified atom stereocenters. The number of halogens is 1. The van der Waals surface area contributed by atoms with Gasteiger partial charge in [0.2, 0.25) is 0 Å². The summed E-state index contributed by atoms with van der Waals surface area (Å²) in [4.78, 5) is 24.5. The van der Waals surface area contributed by atoms with Crippen LogP contribution in [-0.2, 0) is 14.9 Å². The molecule has 0 radical (unpaired) electrons. The molecule has 1 atom stereocenters. The number of aromatic nitrogens is 2. The minimum atomic E-state index is -0.757. The molecule has 7 nitrogen and oxygen atoms in total. The zero-order valence-electron chi connectivity index (χ0n) is 20.7. The fraction of sp³-hybridized carbons (Fsp3) is 0.276. The van der Waals surface area contributed by atoms with E-state index in [4.69, 9.17) is 16.3 Å². The number of carbonyl (C=O) groups excluding carboxylic acids is 1. The van der Waals surface area contributed by atoms with E-state index in [9.17, 15) is 14.7 Å². The first-order valence-corrected chi connectivity index (χ1v) is 12.7. The van der Waals surface area contributed by atoms with E-state index in [0.29, 0.717) is 42.2 Å². The number of carboxylic acid groups (broad SMARTS) is 1. The third-order valence-corrected chi connectivity index (χ3v) is 7.59. The van der Waals surface area contributed by atoms with Crippen LogP contribution in [0.1, 0.15) is 43.7 Å². The first-order valence-electron chi connectivity index (χ1n) is 12.3. The van der Waals surface area contributed by atoms with Crippen molar-refractivity contribution in [1.29, 1.82) is 0 Å². The number of carboxylic acids is 1. The molecule has 190 valence electrons. The molecule has 1 heterocycles. The van der Waals surface area contributed by atoms with Gasteiger partial charge >= 0.3 is 12.1 Å². The molecule has 5 rings (SSSR count). The molecule has 1 amide bonds. The van der Waals surface area contributed by atoms with E-state index in [2.05, 4.69) is 10.4 Å². The van der Waals surface area contributed by atoms with Crippen LogP contribution in [0, 0.1) is 6.92 Å². The van der Waals surface area contributed by atoms with Crippen molar-refractivity contribution in [2.45, 2.75) is 50.5 Å². The summed E-state index contributed by atoms with van der Waals surface area (Å²) in [5, 5.41) is 17.0. The second-order valence-electron chi connectivity index (χ2n) is 9.64. The van der Waals surface area contributed by atoms with Crippen LogP contribution in [0.4, 0.5) is 10.6 Å². The Labute approximate surface area is 220 Å². The Balaban J connectivity index is 1.35. The van der Waals surface area contributed by atoms with Gasteiger partial charge in [-0.05, 0) is 66.6 Å². The maximum Gasteiger partial charge on any atom is 0.413 e. The molecular formula is C29H28ClN3O4. The molecule has 0 bridgehead atoms. The standard InChI is InChI=1S/C29H28ClN3O4/c1-3-28(13-5-4-6-14-28)37-27(36)32-25-24(30)18-31-33(25)22-10-7-20(8-11-22)23-12-9-21(17-19(23)2)29(15-16-29)26(34)35/h4-13,17-18H,3,14-16H2,1-2H3,(H,32,36)(H,34,35)/t28-/m0/s1. The van der Waals surface area contributed by atoms with Gasteiger partial charge in [-0.1, -0.05) is 67.1 Å². The number of anilines is 1. The monoisotopic (exact) mass is 517 g/mol. The number of hydrogen-bond acceptors (Lipinski definition) is 4. The summed E-state index contributed by atoms with van der Waals surface area (Å²) < 4.78 is 7.32. The smallest absolute Gasteiger partial charge is 0.413 e. The van der Waals surface area contributed by atoms with Crippen LogP contribution in [0.25, 0.3) is 16.8 Å². The van der Waals surface area contributed by atoms with Crippen LogP contribution in [0.2, 0.25) is 5.02 Å². The summed E-state index contributed by atoms with van der Waals surface area (Å²) in [6, 6.07) is 13.6. The van der Waals surface area contributed by atoms with E-state index in [1.807, 2.05) is 80.6 Å². The SMILES string of the molecule is CC[C@]1(OC(=O)Nc2c(Cl)cnn2-c2ccc(-c3ccc(C4(C(=O)O)CC4)cc3C)cc2)C=CC=CC1. The van der Waals surface area contributed by atoms with Crippen molar-refractivity contribution in [3.8, 4) is 16.8 Å². The highest BCUT2D eigenvalue weighted by molar-refractivity contribution is 6.33. The number of benzene rings is 2. The summed E-state index contributed by atoms with van der Waals surface area (Å²) in [5.74, 6) is -0.433. The van der Waals surface area contributed by atoms with Crippen LogP contribution >= 0.6 is 11.6 Å². The van der Waals surface area contributed by atoms with E-state index >= 15 is 0 Å². The van der Waals surface area contributed by atoms with E-state index in [1.165, 1.54) is 6.20 Å². The summed E-state index contributed by atoms with van der Waals surface area (Å²) in [7, 11) is 0. The highest BCUT2D eigenvalue weighted by Gasteiger charge is 2.51. The van der Waals surface area contributed by atoms with Gasteiger partial charge < -0.3 is 9.84 Å². The van der Waals surface area contributed by atoms with Crippen LogP contribution in [-0.4, -0.2) is 32.6 Å². The van der Waals surface area contributed by atoms with Crippen molar-refractivity contribution in [1.82, 2.24) is 9.78 Å². The molecule has 3 aromatic rings. The second kappa shape index (κ2) is 9.56. The lowest BCUT2D eigenvalue weighted by Crippen LogP contribution is -2.35. The van der Waals surface area contributed by atoms with Crippen LogP contribution < -0.4 is 5.32 Å². The van der Waals surface area contributed by atoms with Crippen molar-refractivity contribution < 1.29 is 19.4 Å². The van der Waals surface area contributed by atoms with E-state index in [0.717, 1.165) is 22.3 Å². The topological polar surface area (TPSA) is 93.5 Å². The molecule has 0 spiro atoms. The average Bonchev–Trinajstić information content (AvgIpc) is 3.64. The van der Waals surface area contributed by atoms with Gasteiger partial charge in [0, 0.05) is 6.42 Å². The molecule has 0 saturated heterocycles.